The number of benzene rings is 3. The Hall–Kier alpha value is -3.91. The first-order valence-electron chi connectivity index (χ1n) is 9.92. The lowest BCUT2D eigenvalue weighted by molar-refractivity contribution is -0.116. The Morgan fingerprint density at radius 2 is 1.53 bits per heavy atom. The van der Waals surface area contributed by atoms with Gasteiger partial charge in [-0.3, -0.25) is 4.79 Å². The number of hydrogen-bond acceptors (Lipinski definition) is 5. The molecule has 0 atom stereocenters. The minimum absolute atomic E-state index is 0.160. The molecule has 0 saturated heterocycles. The molecular formula is C24H19N3O4S. The maximum Gasteiger partial charge on any atom is 0.236 e. The van der Waals surface area contributed by atoms with E-state index in [0.717, 1.165) is 17.4 Å². The van der Waals surface area contributed by atoms with Crippen molar-refractivity contribution in [1.82, 2.24) is 9.78 Å². The van der Waals surface area contributed by atoms with Gasteiger partial charge in [0.1, 0.15) is 11.5 Å². The van der Waals surface area contributed by atoms with Crippen LogP contribution in [0.4, 0.5) is 5.69 Å². The number of para-hydroxylation sites is 3. The van der Waals surface area contributed by atoms with Crippen LogP contribution in [0, 0.1) is 0 Å². The first kappa shape index (κ1) is 20.0. The van der Waals surface area contributed by atoms with Crippen molar-refractivity contribution in [3.05, 3.63) is 96.3 Å². The van der Waals surface area contributed by atoms with Gasteiger partial charge in [0, 0.05) is 17.4 Å². The van der Waals surface area contributed by atoms with Gasteiger partial charge in [-0.1, -0.05) is 48.5 Å². The summed E-state index contributed by atoms with van der Waals surface area (Å²) in [5.74, 6) is 0.500. The monoisotopic (exact) mass is 445 g/mol. The van der Waals surface area contributed by atoms with Gasteiger partial charge < -0.3 is 10.1 Å². The number of ether oxygens (including phenoxy) is 1. The minimum Gasteiger partial charge on any atom is -0.457 e. The fraction of sp³-hybridized carbons (Fsp3) is 0.0833. The summed E-state index contributed by atoms with van der Waals surface area (Å²) in [7, 11) is -3.44. The number of nitrogens with one attached hydrogen (secondary N) is 1. The number of rotatable bonds is 4. The Morgan fingerprint density at radius 1 is 0.938 bits per heavy atom. The van der Waals surface area contributed by atoms with E-state index in [1.54, 1.807) is 24.4 Å². The summed E-state index contributed by atoms with van der Waals surface area (Å²) in [5, 5.41) is 7.17. The summed E-state index contributed by atoms with van der Waals surface area (Å²) in [4.78, 5) is 13.5. The molecule has 32 heavy (non-hydrogen) atoms. The van der Waals surface area contributed by atoms with Crippen LogP contribution in [0.15, 0.2) is 90.1 Å². The van der Waals surface area contributed by atoms with Crippen LogP contribution in [-0.2, 0) is 14.6 Å². The van der Waals surface area contributed by atoms with Crippen LogP contribution in [-0.4, -0.2) is 30.4 Å². The van der Waals surface area contributed by atoms with Crippen LogP contribution in [0.5, 0.6) is 11.5 Å². The van der Waals surface area contributed by atoms with E-state index in [9.17, 15) is 13.2 Å². The molecule has 0 fully saturated rings. The van der Waals surface area contributed by atoms with E-state index in [1.165, 1.54) is 16.9 Å². The fourth-order valence-corrected chi connectivity index (χ4v) is 4.75. The molecule has 1 aliphatic heterocycles. The molecule has 0 saturated carbocycles. The maximum absolute atomic E-state index is 13.4. The summed E-state index contributed by atoms with van der Waals surface area (Å²) in [6.07, 6.45) is 4.24. The minimum atomic E-state index is -3.44. The lowest BCUT2D eigenvalue weighted by Gasteiger charge is -2.27. The topological polar surface area (TPSA) is 90.3 Å². The lowest BCUT2D eigenvalue weighted by Crippen LogP contribution is -2.24. The van der Waals surface area contributed by atoms with Crippen molar-refractivity contribution < 1.29 is 17.9 Å². The third-order valence-corrected chi connectivity index (χ3v) is 6.45. The zero-order valence-electron chi connectivity index (χ0n) is 17.1. The first-order valence-corrected chi connectivity index (χ1v) is 11.8. The Bertz CT molecular complexity index is 1400. The second kappa shape index (κ2) is 7.65. The Morgan fingerprint density at radius 3 is 2.19 bits per heavy atom. The van der Waals surface area contributed by atoms with Crippen molar-refractivity contribution in [3.63, 3.8) is 0 Å². The van der Waals surface area contributed by atoms with Crippen molar-refractivity contribution in [2.24, 2.45) is 0 Å². The van der Waals surface area contributed by atoms with E-state index in [1.807, 2.05) is 48.5 Å². The highest BCUT2D eigenvalue weighted by Gasteiger charge is 2.32. The number of nitrogens with zero attached hydrogens (tertiary/aromatic N) is 2. The SMILES string of the molecule is CS(=O)(=O)c1ccccc1-n1cc(NC(=O)C2c3ccccc3Oc3ccccc32)cn1. The lowest BCUT2D eigenvalue weighted by atomic mass is 9.87. The zero-order chi connectivity index (χ0) is 22.3. The Labute approximate surface area is 185 Å². The number of fused-ring (bicyclic) bond motifs is 2. The molecule has 7 nitrogen and oxygen atoms in total. The Balaban J connectivity index is 1.48. The van der Waals surface area contributed by atoms with Crippen LogP contribution in [0.1, 0.15) is 17.0 Å². The molecule has 0 unspecified atom stereocenters. The van der Waals surface area contributed by atoms with Crippen molar-refractivity contribution in [1.29, 1.82) is 0 Å². The van der Waals surface area contributed by atoms with E-state index >= 15 is 0 Å². The molecule has 1 aromatic heterocycles. The number of carbonyl (C=O) groups excluding carboxylic acids is 1. The van der Waals surface area contributed by atoms with Crippen LogP contribution in [0.3, 0.4) is 0 Å². The van der Waals surface area contributed by atoms with Gasteiger partial charge in [-0.15, -0.1) is 0 Å². The second-order valence-corrected chi connectivity index (χ2v) is 9.50. The molecule has 2 heterocycles. The molecule has 0 bridgehead atoms. The Kier molecular flexibility index (Phi) is 4.79. The van der Waals surface area contributed by atoms with Gasteiger partial charge in [0.25, 0.3) is 0 Å². The smallest absolute Gasteiger partial charge is 0.236 e. The molecule has 0 aliphatic carbocycles. The van der Waals surface area contributed by atoms with Crippen LogP contribution in [0.25, 0.3) is 5.69 Å². The summed E-state index contributed by atoms with van der Waals surface area (Å²) in [6, 6.07) is 21.5. The van der Waals surface area contributed by atoms with Crippen LogP contribution in [0.2, 0.25) is 0 Å². The van der Waals surface area contributed by atoms with Gasteiger partial charge in [-0.2, -0.15) is 5.10 Å². The quantitative estimate of drug-likeness (QED) is 0.510. The largest absolute Gasteiger partial charge is 0.457 e. The maximum atomic E-state index is 13.4. The molecule has 0 radical (unpaired) electrons. The number of amides is 1. The first-order chi connectivity index (χ1) is 15.4. The third kappa shape index (κ3) is 3.54. The molecule has 1 N–H and O–H groups in total. The molecular weight excluding hydrogens is 426 g/mol. The predicted molar refractivity (Wildman–Crippen MR) is 120 cm³/mol. The molecule has 0 spiro atoms. The van der Waals surface area contributed by atoms with Crippen LogP contribution >= 0.6 is 0 Å². The van der Waals surface area contributed by atoms with Crippen molar-refractivity contribution in [2.75, 3.05) is 11.6 Å². The van der Waals surface area contributed by atoms with Gasteiger partial charge in [0.15, 0.2) is 9.84 Å². The summed E-state index contributed by atoms with van der Waals surface area (Å²) in [5.41, 5.74) is 2.43. The number of anilines is 1. The molecule has 1 amide bonds. The fourth-order valence-electron chi connectivity index (χ4n) is 3.89. The van der Waals surface area contributed by atoms with E-state index < -0.39 is 15.8 Å². The highest BCUT2D eigenvalue weighted by atomic mass is 32.2. The molecule has 8 heteroatoms. The van der Waals surface area contributed by atoms with E-state index in [0.29, 0.717) is 22.9 Å². The van der Waals surface area contributed by atoms with Crippen LogP contribution < -0.4 is 10.1 Å². The number of hydrogen-bond donors (Lipinski definition) is 1. The van der Waals surface area contributed by atoms with E-state index in [-0.39, 0.29) is 10.8 Å². The van der Waals surface area contributed by atoms with Gasteiger partial charge in [-0.25, -0.2) is 13.1 Å². The zero-order valence-corrected chi connectivity index (χ0v) is 17.9. The van der Waals surface area contributed by atoms with E-state index in [4.69, 9.17) is 4.74 Å². The summed E-state index contributed by atoms with van der Waals surface area (Å²) < 4.78 is 31.7. The molecule has 160 valence electrons. The van der Waals surface area contributed by atoms with Crippen molar-refractivity contribution in [3.8, 4) is 17.2 Å². The number of sulfone groups is 1. The predicted octanol–water partition coefficient (Wildman–Crippen LogP) is 4.15. The third-order valence-electron chi connectivity index (χ3n) is 5.30. The molecule has 1 aliphatic rings. The average molecular weight is 446 g/mol. The standard InChI is InChI=1S/C24H19N3O4S/c1-32(29,30)22-13-7-4-10-19(22)27-15-16(14-25-27)26-24(28)23-17-8-2-5-11-20(17)31-21-12-6-3-9-18(21)23/h2-15,23H,1H3,(H,26,28). The van der Waals surface area contributed by atoms with E-state index in [2.05, 4.69) is 10.4 Å². The number of aromatic nitrogens is 2. The summed E-state index contributed by atoms with van der Waals surface area (Å²) >= 11 is 0. The molecule has 4 aromatic rings. The van der Waals surface area contributed by atoms with Gasteiger partial charge in [0.05, 0.1) is 34.6 Å². The second-order valence-electron chi connectivity index (χ2n) is 7.51. The highest BCUT2D eigenvalue weighted by Crippen LogP contribution is 2.44. The van der Waals surface area contributed by atoms with Gasteiger partial charge in [0.2, 0.25) is 5.91 Å². The van der Waals surface area contributed by atoms with Crippen molar-refractivity contribution in [2.45, 2.75) is 10.8 Å². The van der Waals surface area contributed by atoms with Gasteiger partial charge >= 0.3 is 0 Å². The molecule has 5 rings (SSSR count). The highest BCUT2D eigenvalue weighted by molar-refractivity contribution is 7.90. The average Bonchev–Trinajstić information content (AvgIpc) is 3.25. The van der Waals surface area contributed by atoms with Crippen molar-refractivity contribution >= 4 is 21.4 Å². The molecule has 3 aromatic carbocycles. The summed E-state index contributed by atoms with van der Waals surface area (Å²) in [6.45, 7) is 0. The number of carbonyl (C=O) groups is 1. The normalized spacial score (nSPS) is 13.0. The van der Waals surface area contributed by atoms with Gasteiger partial charge in [-0.05, 0) is 24.3 Å².